The predicted molar refractivity (Wildman–Crippen MR) is 139 cm³/mol. The Balaban J connectivity index is 1.44. The molecular weight excluding hydrogens is 540 g/mol. The summed E-state index contributed by atoms with van der Waals surface area (Å²) in [6, 6.07) is 8.26. The van der Waals surface area contributed by atoms with Crippen LogP contribution in [-0.2, 0) is 11.0 Å². The first-order chi connectivity index (χ1) is 18.6. The first-order valence-corrected chi connectivity index (χ1v) is 12.8. The quantitative estimate of drug-likeness (QED) is 0.435. The van der Waals surface area contributed by atoms with Crippen molar-refractivity contribution >= 4 is 35.2 Å². The van der Waals surface area contributed by atoms with Crippen LogP contribution in [0.15, 0.2) is 42.6 Å². The molecule has 0 aliphatic carbocycles. The number of carboxylic acid groups (broad SMARTS) is 1. The number of carbonyl (C=O) groups is 1. The summed E-state index contributed by atoms with van der Waals surface area (Å²) in [6.07, 6.45) is -1.96. The number of hydrogen-bond donors (Lipinski definition) is 1. The van der Waals surface area contributed by atoms with E-state index in [4.69, 9.17) is 16.6 Å². The Hall–Kier alpha value is -3.67. The lowest BCUT2D eigenvalue weighted by atomic mass is 9.99. The third kappa shape index (κ3) is 5.85. The van der Waals surface area contributed by atoms with E-state index in [-0.39, 0.29) is 30.5 Å². The molecule has 0 spiro atoms. The van der Waals surface area contributed by atoms with Gasteiger partial charge >= 0.3 is 12.1 Å². The Labute approximate surface area is 226 Å². The second-order valence-electron chi connectivity index (χ2n) is 9.51. The van der Waals surface area contributed by atoms with Crippen molar-refractivity contribution in [2.24, 2.45) is 5.92 Å². The van der Waals surface area contributed by atoms with Crippen molar-refractivity contribution in [3.05, 3.63) is 59.0 Å². The summed E-state index contributed by atoms with van der Waals surface area (Å²) in [7, 11) is 0. The van der Waals surface area contributed by atoms with E-state index in [9.17, 15) is 27.5 Å². The van der Waals surface area contributed by atoms with Crippen LogP contribution in [0.2, 0.25) is 5.02 Å². The first-order valence-electron chi connectivity index (χ1n) is 12.4. The summed E-state index contributed by atoms with van der Waals surface area (Å²) in [6.45, 7) is 2.11. The smallest absolute Gasteiger partial charge is 0.419 e. The van der Waals surface area contributed by atoms with Gasteiger partial charge in [0, 0.05) is 57.1 Å². The number of halogens is 5. The molecule has 2 aromatic heterocycles. The molecule has 2 aliphatic rings. The van der Waals surface area contributed by atoms with Crippen molar-refractivity contribution in [1.29, 1.82) is 0 Å². The molecule has 2 saturated heterocycles. The highest BCUT2D eigenvalue weighted by Gasteiger charge is 2.36. The number of alkyl halides is 3. The normalized spacial score (nSPS) is 18.4. The average Bonchev–Trinajstić information content (AvgIpc) is 2.94. The molecule has 2 aliphatic heterocycles. The number of piperazine rings is 1. The zero-order chi connectivity index (χ0) is 27.7. The molecule has 1 aromatic carbocycles. The van der Waals surface area contributed by atoms with Crippen LogP contribution in [0, 0.1) is 11.7 Å². The van der Waals surface area contributed by atoms with Crippen LogP contribution in [-0.4, -0.2) is 65.3 Å². The zero-order valence-corrected chi connectivity index (χ0v) is 21.5. The highest BCUT2D eigenvalue weighted by Crippen LogP contribution is 2.36. The maximum absolute atomic E-state index is 13.8. The Kier molecular flexibility index (Phi) is 7.48. The summed E-state index contributed by atoms with van der Waals surface area (Å²) in [5.74, 6) is -1.25. The van der Waals surface area contributed by atoms with E-state index >= 15 is 0 Å². The number of rotatable bonds is 5. The van der Waals surface area contributed by atoms with Gasteiger partial charge in [0.25, 0.3) is 0 Å². The van der Waals surface area contributed by atoms with Gasteiger partial charge in [-0.25, -0.2) is 14.4 Å². The van der Waals surface area contributed by atoms with Crippen molar-refractivity contribution in [3.8, 4) is 11.3 Å². The number of carboxylic acids is 1. The maximum Gasteiger partial charge on any atom is 0.419 e. The van der Waals surface area contributed by atoms with Gasteiger partial charge in [-0.15, -0.1) is 0 Å². The summed E-state index contributed by atoms with van der Waals surface area (Å²) < 4.78 is 54.4. The Morgan fingerprint density at radius 3 is 2.44 bits per heavy atom. The number of nitrogens with zero attached hydrogens (tertiary/aromatic N) is 6. The van der Waals surface area contributed by atoms with Crippen LogP contribution < -0.4 is 14.7 Å². The van der Waals surface area contributed by atoms with Gasteiger partial charge in [-0.05, 0) is 43.2 Å². The maximum atomic E-state index is 13.8. The van der Waals surface area contributed by atoms with Crippen LogP contribution in [0.3, 0.4) is 0 Å². The Morgan fingerprint density at radius 2 is 1.74 bits per heavy atom. The summed E-state index contributed by atoms with van der Waals surface area (Å²) in [5.41, 5.74) is 0.247. The average molecular weight is 565 g/mol. The Bertz CT molecular complexity index is 1370. The van der Waals surface area contributed by atoms with Crippen LogP contribution in [0.5, 0.6) is 0 Å². The number of anilines is 3. The van der Waals surface area contributed by atoms with Crippen LogP contribution in [0.4, 0.5) is 35.1 Å². The van der Waals surface area contributed by atoms with Crippen LogP contribution in [0.25, 0.3) is 11.3 Å². The number of benzene rings is 1. The van der Waals surface area contributed by atoms with Gasteiger partial charge in [0.1, 0.15) is 17.5 Å². The first kappa shape index (κ1) is 26.9. The molecule has 0 radical (unpaired) electrons. The van der Waals surface area contributed by atoms with Gasteiger partial charge in [-0.3, -0.25) is 4.79 Å². The van der Waals surface area contributed by atoms with Crippen molar-refractivity contribution in [2.45, 2.75) is 19.0 Å². The molecule has 1 unspecified atom stereocenters. The molecule has 1 atom stereocenters. The molecule has 0 saturated carbocycles. The van der Waals surface area contributed by atoms with Crippen LogP contribution in [0.1, 0.15) is 18.4 Å². The van der Waals surface area contributed by atoms with Crippen molar-refractivity contribution < 1.29 is 27.5 Å². The number of hydrogen-bond acceptors (Lipinski definition) is 7. The molecule has 13 heteroatoms. The summed E-state index contributed by atoms with van der Waals surface area (Å²) in [4.78, 5) is 30.4. The minimum Gasteiger partial charge on any atom is -0.481 e. The lowest BCUT2D eigenvalue weighted by Crippen LogP contribution is -2.48. The molecule has 206 valence electrons. The SMILES string of the molecule is O=C(O)C1CCCN(c2nc(-c3ccc(F)c(Cl)c3)cc(N3CCN(c4ncccc4C(F)(F)F)CC3)n2)C1. The second-order valence-corrected chi connectivity index (χ2v) is 9.92. The predicted octanol–water partition coefficient (Wildman–Crippen LogP) is 4.98. The molecule has 8 nitrogen and oxygen atoms in total. The standard InChI is InChI=1S/C26H25ClF4N6O2/c27-19-13-16(5-6-20(19)28)21-14-22(34-25(33-21)37-8-2-3-17(15-37)24(38)39)35-9-11-36(12-10-35)23-18(26(29,30)31)4-1-7-32-23/h1,4-7,13-14,17H,2-3,8-12,15H2,(H,38,39). The molecular formula is C26H25ClF4N6O2. The van der Waals surface area contributed by atoms with Gasteiger partial charge < -0.3 is 19.8 Å². The highest BCUT2D eigenvalue weighted by molar-refractivity contribution is 6.31. The fraction of sp³-hybridized carbons (Fsp3) is 0.385. The van der Waals surface area contributed by atoms with E-state index in [0.29, 0.717) is 55.5 Å². The fourth-order valence-electron chi connectivity index (χ4n) is 4.91. The van der Waals surface area contributed by atoms with Crippen molar-refractivity contribution in [2.75, 3.05) is 54.0 Å². The number of aliphatic carboxylic acids is 1. The van der Waals surface area contributed by atoms with E-state index in [1.165, 1.54) is 24.4 Å². The number of piperidine rings is 1. The van der Waals surface area contributed by atoms with Gasteiger partial charge in [-0.1, -0.05) is 11.6 Å². The minimum absolute atomic E-state index is 0.0671. The minimum atomic E-state index is -4.52. The van der Waals surface area contributed by atoms with Gasteiger partial charge in [0.15, 0.2) is 0 Å². The summed E-state index contributed by atoms with van der Waals surface area (Å²) >= 11 is 6.02. The molecule has 0 bridgehead atoms. The third-order valence-electron chi connectivity index (χ3n) is 6.96. The molecule has 39 heavy (non-hydrogen) atoms. The highest BCUT2D eigenvalue weighted by atomic mass is 35.5. The van der Waals surface area contributed by atoms with Gasteiger partial charge in [0.2, 0.25) is 5.95 Å². The molecule has 5 rings (SSSR count). The van der Waals surface area contributed by atoms with Crippen LogP contribution >= 0.6 is 11.6 Å². The van der Waals surface area contributed by atoms with E-state index in [2.05, 4.69) is 9.97 Å². The number of pyridine rings is 1. The largest absolute Gasteiger partial charge is 0.481 e. The fourth-order valence-corrected chi connectivity index (χ4v) is 5.09. The molecule has 0 amide bonds. The lowest BCUT2D eigenvalue weighted by Gasteiger charge is -2.37. The van der Waals surface area contributed by atoms with Gasteiger partial charge in [-0.2, -0.15) is 18.2 Å². The lowest BCUT2D eigenvalue weighted by molar-refractivity contribution is -0.142. The van der Waals surface area contributed by atoms with E-state index < -0.39 is 29.4 Å². The topological polar surface area (TPSA) is 85.7 Å². The second kappa shape index (κ2) is 10.8. The zero-order valence-electron chi connectivity index (χ0n) is 20.7. The summed E-state index contributed by atoms with van der Waals surface area (Å²) in [5, 5.41) is 9.47. The molecule has 3 aromatic rings. The van der Waals surface area contributed by atoms with Crippen molar-refractivity contribution in [1.82, 2.24) is 15.0 Å². The Morgan fingerprint density at radius 1 is 1.00 bits per heavy atom. The molecule has 4 heterocycles. The molecule has 2 fully saturated rings. The monoisotopic (exact) mass is 564 g/mol. The van der Waals surface area contributed by atoms with Gasteiger partial charge in [0.05, 0.1) is 22.2 Å². The van der Waals surface area contributed by atoms with Crippen molar-refractivity contribution in [3.63, 3.8) is 0 Å². The molecule has 1 N–H and O–H groups in total. The van der Waals surface area contributed by atoms with E-state index in [1.807, 2.05) is 9.80 Å². The van der Waals surface area contributed by atoms with E-state index in [0.717, 1.165) is 6.07 Å². The third-order valence-corrected chi connectivity index (χ3v) is 7.25. The van der Waals surface area contributed by atoms with E-state index in [1.54, 1.807) is 17.0 Å². The number of aromatic nitrogens is 3.